The maximum atomic E-state index is 12.8. The van der Waals surface area contributed by atoms with E-state index >= 15 is 0 Å². The summed E-state index contributed by atoms with van der Waals surface area (Å²) in [5.41, 5.74) is 2.70. The number of benzene rings is 1. The standard InChI is InChI=1S/C20H25N3O3S/c1-3-22(12-18(24)25)15-8-10-23(11-9-15)20(26)17-13-27-19(21-17)16-7-5-4-6-14(16)2/h4-7,13,15H,3,8-12H2,1-2H3,(H,24,25). The van der Waals surface area contributed by atoms with Crippen LogP contribution in [-0.4, -0.2) is 64.0 Å². The van der Waals surface area contributed by atoms with Gasteiger partial charge in [-0.2, -0.15) is 0 Å². The molecule has 0 aliphatic carbocycles. The third-order valence-electron chi connectivity index (χ3n) is 5.11. The molecule has 0 radical (unpaired) electrons. The number of aliphatic carboxylic acids is 1. The van der Waals surface area contributed by atoms with Gasteiger partial charge in [-0.1, -0.05) is 31.2 Å². The Morgan fingerprint density at radius 2 is 2.00 bits per heavy atom. The maximum absolute atomic E-state index is 12.8. The second kappa shape index (κ2) is 8.63. The first-order valence-electron chi connectivity index (χ1n) is 9.26. The molecule has 1 amide bonds. The molecule has 27 heavy (non-hydrogen) atoms. The lowest BCUT2D eigenvalue weighted by molar-refractivity contribution is -0.139. The fraction of sp³-hybridized carbons (Fsp3) is 0.450. The topological polar surface area (TPSA) is 73.7 Å². The smallest absolute Gasteiger partial charge is 0.317 e. The van der Waals surface area contributed by atoms with Crippen LogP contribution in [0.2, 0.25) is 0 Å². The van der Waals surface area contributed by atoms with Crippen LogP contribution in [0.15, 0.2) is 29.6 Å². The molecule has 3 rings (SSSR count). The first-order valence-corrected chi connectivity index (χ1v) is 10.1. The van der Waals surface area contributed by atoms with E-state index in [2.05, 4.69) is 4.98 Å². The quantitative estimate of drug-likeness (QED) is 0.824. The molecule has 0 unspecified atom stereocenters. The molecular weight excluding hydrogens is 362 g/mol. The van der Waals surface area contributed by atoms with Crippen LogP contribution >= 0.6 is 11.3 Å². The zero-order valence-corrected chi connectivity index (χ0v) is 16.5. The van der Waals surface area contributed by atoms with Crippen LogP contribution in [-0.2, 0) is 4.79 Å². The molecule has 1 N–H and O–H groups in total. The largest absolute Gasteiger partial charge is 0.480 e. The number of rotatable bonds is 6. The van der Waals surface area contributed by atoms with Gasteiger partial charge in [0.05, 0.1) is 6.54 Å². The Bertz CT molecular complexity index is 812. The fourth-order valence-corrected chi connectivity index (χ4v) is 4.46. The lowest BCUT2D eigenvalue weighted by Crippen LogP contribution is -2.48. The number of hydrogen-bond acceptors (Lipinski definition) is 5. The predicted molar refractivity (Wildman–Crippen MR) is 106 cm³/mol. The minimum Gasteiger partial charge on any atom is -0.480 e. The number of piperidine rings is 1. The van der Waals surface area contributed by atoms with Crippen LogP contribution in [0.25, 0.3) is 10.6 Å². The minimum absolute atomic E-state index is 0.0363. The molecule has 0 atom stereocenters. The molecule has 1 aromatic heterocycles. The summed E-state index contributed by atoms with van der Waals surface area (Å²) in [7, 11) is 0. The molecule has 1 fully saturated rings. The summed E-state index contributed by atoms with van der Waals surface area (Å²) in [5, 5.41) is 11.7. The Kier molecular flexibility index (Phi) is 6.23. The maximum Gasteiger partial charge on any atom is 0.317 e. The number of amides is 1. The Balaban J connectivity index is 1.63. The molecule has 144 valence electrons. The Hall–Kier alpha value is -2.25. The number of thiazole rings is 1. The highest BCUT2D eigenvalue weighted by molar-refractivity contribution is 7.13. The van der Waals surface area contributed by atoms with Gasteiger partial charge in [0, 0.05) is 30.1 Å². The molecule has 2 aromatic rings. The second-order valence-electron chi connectivity index (χ2n) is 6.83. The van der Waals surface area contributed by atoms with Crippen LogP contribution < -0.4 is 0 Å². The summed E-state index contributed by atoms with van der Waals surface area (Å²) in [4.78, 5) is 32.2. The first kappa shape index (κ1) is 19.5. The number of nitrogens with zero attached hydrogens (tertiary/aromatic N) is 3. The number of aromatic nitrogens is 1. The van der Waals surface area contributed by atoms with Gasteiger partial charge in [0.1, 0.15) is 10.7 Å². The Morgan fingerprint density at radius 3 is 2.63 bits per heavy atom. The van der Waals surface area contributed by atoms with Crippen LogP contribution in [0.4, 0.5) is 0 Å². The van der Waals surface area contributed by atoms with Crippen molar-refractivity contribution >= 4 is 23.2 Å². The SMILES string of the molecule is CCN(CC(=O)O)C1CCN(C(=O)c2csc(-c3ccccc3C)n2)CC1. The van der Waals surface area contributed by atoms with E-state index in [-0.39, 0.29) is 18.5 Å². The average Bonchev–Trinajstić information content (AvgIpc) is 3.16. The number of hydrogen-bond donors (Lipinski definition) is 1. The molecule has 2 heterocycles. The summed E-state index contributed by atoms with van der Waals surface area (Å²) >= 11 is 1.49. The lowest BCUT2D eigenvalue weighted by atomic mass is 10.0. The predicted octanol–water partition coefficient (Wildman–Crippen LogP) is 3.13. The van der Waals surface area contributed by atoms with E-state index in [4.69, 9.17) is 5.11 Å². The van der Waals surface area contributed by atoms with Crippen molar-refractivity contribution in [3.8, 4) is 10.6 Å². The molecule has 7 heteroatoms. The van der Waals surface area contributed by atoms with E-state index in [1.165, 1.54) is 11.3 Å². The molecule has 6 nitrogen and oxygen atoms in total. The molecule has 1 aromatic carbocycles. The minimum atomic E-state index is -0.804. The highest BCUT2D eigenvalue weighted by atomic mass is 32.1. The van der Waals surface area contributed by atoms with Crippen LogP contribution in [0.3, 0.4) is 0 Å². The van der Waals surface area contributed by atoms with Crippen molar-refractivity contribution < 1.29 is 14.7 Å². The van der Waals surface area contributed by atoms with Gasteiger partial charge in [-0.15, -0.1) is 11.3 Å². The number of likely N-dealkylation sites (N-methyl/N-ethyl adjacent to an activating group) is 1. The van der Waals surface area contributed by atoms with E-state index in [1.807, 2.05) is 53.3 Å². The number of carbonyl (C=O) groups excluding carboxylic acids is 1. The zero-order chi connectivity index (χ0) is 19.4. The second-order valence-corrected chi connectivity index (χ2v) is 7.69. The first-order chi connectivity index (χ1) is 13.0. The van der Waals surface area contributed by atoms with E-state index in [1.54, 1.807) is 0 Å². The third kappa shape index (κ3) is 4.54. The van der Waals surface area contributed by atoms with Gasteiger partial charge in [-0.05, 0) is 31.9 Å². The average molecular weight is 388 g/mol. The number of aryl methyl sites for hydroxylation is 1. The van der Waals surface area contributed by atoms with Gasteiger partial charge in [-0.25, -0.2) is 4.98 Å². The van der Waals surface area contributed by atoms with Gasteiger partial charge < -0.3 is 10.0 Å². The van der Waals surface area contributed by atoms with Crippen molar-refractivity contribution in [1.29, 1.82) is 0 Å². The van der Waals surface area contributed by atoms with Crippen molar-refractivity contribution in [3.63, 3.8) is 0 Å². The normalized spacial score (nSPS) is 15.3. The van der Waals surface area contributed by atoms with E-state index in [0.717, 1.165) is 29.0 Å². The van der Waals surface area contributed by atoms with E-state index in [0.29, 0.717) is 25.3 Å². The highest BCUT2D eigenvalue weighted by Crippen LogP contribution is 2.27. The van der Waals surface area contributed by atoms with Crippen molar-refractivity contribution in [1.82, 2.24) is 14.8 Å². The van der Waals surface area contributed by atoms with Gasteiger partial charge in [0.2, 0.25) is 0 Å². The number of carboxylic acid groups (broad SMARTS) is 1. The molecule has 1 aliphatic heterocycles. The monoisotopic (exact) mass is 387 g/mol. The van der Waals surface area contributed by atoms with E-state index in [9.17, 15) is 9.59 Å². The van der Waals surface area contributed by atoms with Crippen LogP contribution in [0.5, 0.6) is 0 Å². The highest BCUT2D eigenvalue weighted by Gasteiger charge is 2.28. The zero-order valence-electron chi connectivity index (χ0n) is 15.7. The Morgan fingerprint density at radius 1 is 1.30 bits per heavy atom. The van der Waals surface area contributed by atoms with Crippen LogP contribution in [0.1, 0.15) is 35.8 Å². The van der Waals surface area contributed by atoms with Gasteiger partial charge in [0.15, 0.2) is 0 Å². The number of carbonyl (C=O) groups is 2. The number of likely N-dealkylation sites (tertiary alicyclic amines) is 1. The van der Waals surface area contributed by atoms with Crippen molar-refractivity contribution in [2.24, 2.45) is 0 Å². The van der Waals surface area contributed by atoms with Crippen molar-refractivity contribution in [2.45, 2.75) is 32.7 Å². The third-order valence-corrected chi connectivity index (χ3v) is 5.99. The van der Waals surface area contributed by atoms with Gasteiger partial charge in [-0.3, -0.25) is 14.5 Å². The summed E-state index contributed by atoms with van der Waals surface area (Å²) in [6.45, 7) is 6.05. The molecule has 0 bridgehead atoms. The van der Waals surface area contributed by atoms with Crippen molar-refractivity contribution in [2.75, 3.05) is 26.2 Å². The van der Waals surface area contributed by atoms with Crippen LogP contribution in [0, 0.1) is 6.92 Å². The lowest BCUT2D eigenvalue weighted by Gasteiger charge is -2.37. The summed E-state index contributed by atoms with van der Waals surface area (Å²) in [5.74, 6) is -0.840. The molecule has 1 saturated heterocycles. The molecule has 0 spiro atoms. The summed E-state index contributed by atoms with van der Waals surface area (Å²) in [6, 6.07) is 8.25. The molecule has 0 saturated carbocycles. The van der Waals surface area contributed by atoms with Gasteiger partial charge >= 0.3 is 5.97 Å². The fourth-order valence-electron chi connectivity index (χ4n) is 3.58. The Labute approximate surface area is 163 Å². The van der Waals surface area contributed by atoms with Gasteiger partial charge in [0.25, 0.3) is 5.91 Å². The van der Waals surface area contributed by atoms with Crippen molar-refractivity contribution in [3.05, 3.63) is 40.9 Å². The molecular formula is C20H25N3O3S. The summed E-state index contributed by atoms with van der Waals surface area (Å²) in [6.07, 6.45) is 1.59. The summed E-state index contributed by atoms with van der Waals surface area (Å²) < 4.78 is 0. The van der Waals surface area contributed by atoms with E-state index < -0.39 is 5.97 Å². The number of carboxylic acids is 1. The molecule has 1 aliphatic rings.